The number of hydrogen-bond donors (Lipinski definition) is 1. The fraction of sp³-hybridized carbons (Fsp3) is 0.150. The Labute approximate surface area is 156 Å². The molecule has 0 spiro atoms. The molecule has 5 nitrogen and oxygen atoms in total. The molecule has 0 atom stereocenters. The maximum absolute atomic E-state index is 12.5. The number of amides is 1. The number of ether oxygens (including phenoxy) is 1. The fourth-order valence-corrected chi connectivity index (χ4v) is 2.94. The molecule has 0 unspecified atom stereocenters. The number of hydrogen-bond acceptors (Lipinski definition) is 5. The van der Waals surface area contributed by atoms with Crippen LogP contribution in [0.15, 0.2) is 72.1 Å². The third-order valence-corrected chi connectivity index (χ3v) is 4.32. The number of aromatic nitrogens is 2. The van der Waals surface area contributed by atoms with Crippen molar-refractivity contribution in [2.45, 2.75) is 18.6 Å². The first-order chi connectivity index (χ1) is 12.7. The monoisotopic (exact) mass is 365 g/mol. The molecule has 0 aliphatic rings. The molecule has 132 valence electrons. The summed E-state index contributed by atoms with van der Waals surface area (Å²) in [7, 11) is 0. The molecule has 6 heteroatoms. The van der Waals surface area contributed by atoms with Crippen molar-refractivity contribution in [1.82, 2.24) is 9.97 Å². The first-order valence-corrected chi connectivity index (χ1v) is 9.25. The zero-order valence-electron chi connectivity index (χ0n) is 14.4. The molecule has 0 fully saturated rings. The first kappa shape index (κ1) is 17.9. The van der Waals surface area contributed by atoms with E-state index in [1.807, 2.05) is 30.3 Å². The number of rotatable bonds is 7. The summed E-state index contributed by atoms with van der Waals surface area (Å²) >= 11 is 1.60. The highest BCUT2D eigenvalue weighted by atomic mass is 32.2. The van der Waals surface area contributed by atoms with Crippen LogP contribution in [-0.4, -0.2) is 21.6 Å². The molecule has 1 aromatic carbocycles. The predicted octanol–water partition coefficient (Wildman–Crippen LogP) is 4.42. The van der Waals surface area contributed by atoms with Gasteiger partial charge in [-0.05, 0) is 36.1 Å². The van der Waals surface area contributed by atoms with Gasteiger partial charge in [0.2, 0.25) is 0 Å². The van der Waals surface area contributed by atoms with E-state index >= 15 is 0 Å². The number of nitrogens with one attached hydrogen (secondary N) is 1. The third kappa shape index (κ3) is 5.07. The van der Waals surface area contributed by atoms with E-state index in [2.05, 4.69) is 22.2 Å². The van der Waals surface area contributed by atoms with E-state index in [9.17, 15) is 4.79 Å². The normalized spacial score (nSPS) is 10.3. The van der Waals surface area contributed by atoms with Crippen molar-refractivity contribution >= 4 is 23.4 Å². The minimum absolute atomic E-state index is 0.172. The molecule has 0 aliphatic heterocycles. The van der Waals surface area contributed by atoms with E-state index < -0.39 is 0 Å². The Bertz CT molecular complexity index is 872. The Morgan fingerprint density at radius 3 is 2.88 bits per heavy atom. The quantitative estimate of drug-likeness (QED) is 0.628. The Morgan fingerprint density at radius 1 is 1.15 bits per heavy atom. The van der Waals surface area contributed by atoms with Gasteiger partial charge in [-0.15, -0.1) is 11.8 Å². The highest BCUT2D eigenvalue weighted by molar-refractivity contribution is 7.99. The average Bonchev–Trinajstić information content (AvgIpc) is 2.68. The number of benzene rings is 1. The van der Waals surface area contributed by atoms with Crippen molar-refractivity contribution in [1.29, 1.82) is 0 Å². The summed E-state index contributed by atoms with van der Waals surface area (Å²) in [4.78, 5) is 20.8. The molecule has 0 saturated heterocycles. The van der Waals surface area contributed by atoms with Gasteiger partial charge < -0.3 is 10.1 Å². The summed E-state index contributed by atoms with van der Waals surface area (Å²) < 4.78 is 5.77. The lowest BCUT2D eigenvalue weighted by atomic mass is 10.2. The number of carbonyl (C=O) groups is 1. The van der Waals surface area contributed by atoms with Gasteiger partial charge in [0.05, 0.1) is 5.03 Å². The molecule has 3 rings (SSSR count). The van der Waals surface area contributed by atoms with Crippen molar-refractivity contribution in [3.8, 4) is 5.75 Å². The van der Waals surface area contributed by atoms with Gasteiger partial charge in [-0.2, -0.15) is 0 Å². The van der Waals surface area contributed by atoms with Crippen LogP contribution < -0.4 is 10.1 Å². The van der Waals surface area contributed by atoms with E-state index in [4.69, 9.17) is 4.74 Å². The Morgan fingerprint density at radius 2 is 2.08 bits per heavy atom. The van der Waals surface area contributed by atoms with Crippen LogP contribution in [0, 0.1) is 0 Å². The third-order valence-electron chi connectivity index (χ3n) is 3.51. The van der Waals surface area contributed by atoms with E-state index in [-0.39, 0.29) is 5.91 Å². The Kier molecular flexibility index (Phi) is 6.22. The van der Waals surface area contributed by atoms with Crippen molar-refractivity contribution in [2.75, 3.05) is 11.1 Å². The molecular weight excluding hydrogens is 346 g/mol. The largest absolute Gasteiger partial charge is 0.489 e. The zero-order valence-corrected chi connectivity index (χ0v) is 15.2. The number of thioether (sulfide) groups is 1. The van der Waals surface area contributed by atoms with E-state index in [1.165, 1.54) is 0 Å². The summed E-state index contributed by atoms with van der Waals surface area (Å²) in [6.45, 7) is 2.48. The fourth-order valence-electron chi connectivity index (χ4n) is 2.29. The molecule has 1 N–H and O–H groups in total. The van der Waals surface area contributed by atoms with Crippen molar-refractivity contribution in [3.63, 3.8) is 0 Å². The maximum atomic E-state index is 12.5. The topological polar surface area (TPSA) is 64.1 Å². The van der Waals surface area contributed by atoms with Gasteiger partial charge in [0.25, 0.3) is 5.91 Å². The van der Waals surface area contributed by atoms with Gasteiger partial charge >= 0.3 is 0 Å². The zero-order chi connectivity index (χ0) is 18.2. The minimum atomic E-state index is -0.172. The van der Waals surface area contributed by atoms with Gasteiger partial charge in [0.15, 0.2) is 0 Å². The predicted molar refractivity (Wildman–Crippen MR) is 104 cm³/mol. The summed E-state index contributed by atoms with van der Waals surface area (Å²) in [6, 6.07) is 14.7. The molecule has 1 amide bonds. The van der Waals surface area contributed by atoms with Gasteiger partial charge in [-0.3, -0.25) is 9.78 Å². The lowest BCUT2D eigenvalue weighted by molar-refractivity contribution is 0.102. The number of anilines is 1. The van der Waals surface area contributed by atoms with Crippen LogP contribution in [-0.2, 0) is 6.61 Å². The van der Waals surface area contributed by atoms with Gasteiger partial charge in [-0.25, -0.2) is 4.98 Å². The van der Waals surface area contributed by atoms with Crippen LogP contribution >= 0.6 is 11.8 Å². The van der Waals surface area contributed by atoms with Crippen LogP contribution in [0.3, 0.4) is 0 Å². The maximum Gasteiger partial charge on any atom is 0.255 e. The number of pyridine rings is 2. The highest BCUT2D eigenvalue weighted by Gasteiger charge is 2.08. The van der Waals surface area contributed by atoms with Crippen LogP contribution in [0.25, 0.3) is 0 Å². The van der Waals surface area contributed by atoms with Gasteiger partial charge in [-0.1, -0.05) is 19.1 Å². The SMILES string of the molecule is CCSc1cc(C(=O)Nc2cccc(OCc3cccnc3)c2)ccn1. The molecule has 2 heterocycles. The average molecular weight is 365 g/mol. The van der Waals surface area contributed by atoms with Crippen molar-refractivity contribution in [3.05, 3.63) is 78.2 Å². The second kappa shape index (κ2) is 9.01. The second-order valence-electron chi connectivity index (χ2n) is 5.45. The highest BCUT2D eigenvalue weighted by Crippen LogP contribution is 2.20. The van der Waals surface area contributed by atoms with Gasteiger partial charge in [0.1, 0.15) is 12.4 Å². The Hall–Kier alpha value is -2.86. The summed E-state index contributed by atoms with van der Waals surface area (Å²) in [5, 5.41) is 3.74. The molecule has 0 saturated carbocycles. The lowest BCUT2D eigenvalue weighted by Crippen LogP contribution is -2.12. The number of carbonyl (C=O) groups excluding carboxylic acids is 1. The van der Waals surface area contributed by atoms with Crippen LogP contribution in [0.4, 0.5) is 5.69 Å². The summed E-state index contributed by atoms with van der Waals surface area (Å²) in [6.07, 6.45) is 5.14. The Balaban J connectivity index is 1.64. The van der Waals surface area contributed by atoms with Crippen LogP contribution in [0.1, 0.15) is 22.8 Å². The molecule has 2 aromatic heterocycles. The first-order valence-electron chi connectivity index (χ1n) is 8.26. The molecular formula is C20H19N3O2S. The summed E-state index contributed by atoms with van der Waals surface area (Å²) in [5.74, 6) is 1.42. The van der Waals surface area contributed by atoms with E-state index in [0.29, 0.717) is 23.6 Å². The van der Waals surface area contributed by atoms with Gasteiger partial charge in [0, 0.05) is 41.5 Å². The van der Waals surface area contributed by atoms with Crippen LogP contribution in [0.2, 0.25) is 0 Å². The summed E-state index contributed by atoms with van der Waals surface area (Å²) in [5.41, 5.74) is 2.25. The lowest BCUT2D eigenvalue weighted by Gasteiger charge is -2.09. The number of nitrogens with zero attached hydrogens (tertiary/aromatic N) is 2. The molecule has 0 radical (unpaired) electrons. The molecule has 0 aliphatic carbocycles. The molecule has 26 heavy (non-hydrogen) atoms. The van der Waals surface area contributed by atoms with Crippen LogP contribution in [0.5, 0.6) is 5.75 Å². The smallest absolute Gasteiger partial charge is 0.255 e. The molecule has 0 bridgehead atoms. The van der Waals surface area contributed by atoms with E-state index in [1.54, 1.807) is 48.6 Å². The second-order valence-corrected chi connectivity index (χ2v) is 6.73. The molecule has 3 aromatic rings. The minimum Gasteiger partial charge on any atom is -0.489 e. The van der Waals surface area contributed by atoms with E-state index in [0.717, 1.165) is 16.3 Å². The standard InChI is InChI=1S/C20H19N3O2S/c1-2-26-19-11-16(8-10-22-19)20(24)23-17-6-3-7-18(12-17)25-14-15-5-4-9-21-13-15/h3-13H,2,14H2,1H3,(H,23,24). The van der Waals surface area contributed by atoms with Crippen molar-refractivity contribution < 1.29 is 9.53 Å². The van der Waals surface area contributed by atoms with Crippen molar-refractivity contribution in [2.24, 2.45) is 0 Å².